The number of aliphatic imine (C=N–C) groups is 1. The summed E-state index contributed by atoms with van der Waals surface area (Å²) in [5.74, 6) is -1.43. The molecule has 0 saturated heterocycles. The topological polar surface area (TPSA) is 171 Å². The molecule has 1 aromatic carbocycles. The van der Waals surface area contributed by atoms with Gasteiger partial charge in [0.2, 0.25) is 5.88 Å². The van der Waals surface area contributed by atoms with Gasteiger partial charge in [0.25, 0.3) is 11.5 Å². The van der Waals surface area contributed by atoms with E-state index in [4.69, 9.17) is 16.2 Å². The first-order chi connectivity index (χ1) is 12.5. The van der Waals surface area contributed by atoms with Crippen molar-refractivity contribution in [3.8, 4) is 11.6 Å². The Kier molecular flexibility index (Phi) is 5.64. The monoisotopic (exact) mass is 393 g/mol. The summed E-state index contributed by atoms with van der Waals surface area (Å²) in [4.78, 5) is 26.7. The number of guanidine groups is 1. The molecular formula is C16H19N5O5S. The number of hydrogen-bond donors (Lipinski definition) is 3. The molecule has 0 aliphatic heterocycles. The van der Waals surface area contributed by atoms with Crippen molar-refractivity contribution < 1.29 is 17.9 Å². The van der Waals surface area contributed by atoms with Crippen LogP contribution in [-0.4, -0.2) is 36.7 Å². The van der Waals surface area contributed by atoms with Gasteiger partial charge in [-0.05, 0) is 23.6 Å². The fraction of sp³-hybridized carbons (Fsp3) is 0.250. The molecule has 0 atom stereocenters. The van der Waals surface area contributed by atoms with Crippen LogP contribution in [0.15, 0.2) is 38.9 Å². The Morgan fingerprint density at radius 2 is 1.93 bits per heavy atom. The fourth-order valence-electron chi connectivity index (χ4n) is 2.29. The first kappa shape index (κ1) is 20.1. The lowest BCUT2D eigenvalue weighted by Gasteiger charge is -2.16. The highest BCUT2D eigenvalue weighted by molar-refractivity contribution is 7.90. The summed E-state index contributed by atoms with van der Waals surface area (Å²) >= 11 is 0. The average molecular weight is 393 g/mol. The third kappa shape index (κ3) is 4.91. The van der Waals surface area contributed by atoms with E-state index in [1.165, 1.54) is 24.3 Å². The maximum absolute atomic E-state index is 12.3. The third-order valence-electron chi connectivity index (χ3n) is 3.47. The molecule has 5 N–H and O–H groups in total. The van der Waals surface area contributed by atoms with Crippen LogP contribution in [0.5, 0.6) is 11.6 Å². The first-order valence-electron chi connectivity index (χ1n) is 7.74. The Morgan fingerprint density at radius 3 is 2.41 bits per heavy atom. The number of carbonyl (C=O) groups excluding carboxylic acids is 1. The van der Waals surface area contributed by atoms with E-state index in [1.54, 1.807) is 0 Å². The van der Waals surface area contributed by atoms with Crippen LogP contribution in [0, 0.1) is 0 Å². The molecule has 0 aliphatic rings. The maximum Gasteiger partial charge on any atom is 0.280 e. The molecule has 0 spiro atoms. The lowest BCUT2D eigenvalue weighted by molar-refractivity contribution is 0.100. The summed E-state index contributed by atoms with van der Waals surface area (Å²) in [5.41, 5.74) is 10.6. The molecule has 0 aliphatic carbocycles. The van der Waals surface area contributed by atoms with Crippen LogP contribution >= 0.6 is 0 Å². The van der Waals surface area contributed by atoms with Crippen molar-refractivity contribution >= 4 is 21.7 Å². The number of sulfone groups is 1. The van der Waals surface area contributed by atoms with Crippen molar-refractivity contribution in [2.24, 2.45) is 16.5 Å². The number of hydrogen-bond acceptors (Lipinski definition) is 6. The van der Waals surface area contributed by atoms with Crippen LogP contribution in [-0.2, 0) is 9.84 Å². The molecule has 1 amide bonds. The van der Waals surface area contributed by atoms with E-state index in [1.807, 2.05) is 13.8 Å². The molecule has 144 valence electrons. The number of nitrogens with two attached hydrogens (primary N) is 2. The van der Waals surface area contributed by atoms with Gasteiger partial charge in [-0.2, -0.15) is 4.99 Å². The zero-order valence-corrected chi connectivity index (χ0v) is 15.7. The fourth-order valence-corrected chi connectivity index (χ4v) is 3.08. The number of nitrogens with zero attached hydrogens (tertiary/aromatic N) is 2. The Morgan fingerprint density at radius 1 is 1.26 bits per heavy atom. The van der Waals surface area contributed by atoms with Gasteiger partial charge in [-0.3, -0.25) is 9.59 Å². The number of nitrogens with one attached hydrogen (secondary N) is 1. The van der Waals surface area contributed by atoms with Crippen molar-refractivity contribution in [1.82, 2.24) is 10.2 Å². The predicted octanol–water partition coefficient (Wildman–Crippen LogP) is 0.503. The Bertz CT molecular complexity index is 1050. The van der Waals surface area contributed by atoms with E-state index in [9.17, 15) is 18.0 Å². The third-order valence-corrected chi connectivity index (χ3v) is 4.58. The van der Waals surface area contributed by atoms with E-state index >= 15 is 0 Å². The molecule has 11 heteroatoms. The van der Waals surface area contributed by atoms with Gasteiger partial charge in [-0.25, -0.2) is 13.5 Å². The van der Waals surface area contributed by atoms with E-state index in [0.29, 0.717) is 5.56 Å². The Balaban J connectivity index is 2.70. The zero-order valence-electron chi connectivity index (χ0n) is 14.9. The molecule has 1 aromatic heterocycles. The molecular weight excluding hydrogens is 374 g/mol. The van der Waals surface area contributed by atoms with Crippen LogP contribution in [0.2, 0.25) is 0 Å². The highest BCUT2D eigenvalue weighted by Crippen LogP contribution is 2.34. The van der Waals surface area contributed by atoms with E-state index in [2.05, 4.69) is 15.2 Å². The van der Waals surface area contributed by atoms with Gasteiger partial charge < -0.3 is 16.2 Å². The van der Waals surface area contributed by atoms with Gasteiger partial charge in [0.15, 0.2) is 15.8 Å². The second-order valence-electron chi connectivity index (χ2n) is 6.02. The van der Waals surface area contributed by atoms with Gasteiger partial charge in [-0.15, -0.1) is 5.10 Å². The standard InChI is InChI=1S/C16H19N5O5S/c1-8(2)9-6-11(26-14-5-4-13(22)20-21-14)12(27(3,24)25)7-10(9)15(23)19-16(17)18/h4-8H,1-3H3,(H,20,22)(H4,17,18,19,23). The minimum absolute atomic E-state index is 0.0162. The van der Waals surface area contributed by atoms with Gasteiger partial charge in [0.1, 0.15) is 10.6 Å². The summed E-state index contributed by atoms with van der Waals surface area (Å²) in [5, 5.41) is 5.88. The largest absolute Gasteiger partial charge is 0.436 e. The number of carbonyl (C=O) groups is 1. The quantitative estimate of drug-likeness (QED) is 0.487. The van der Waals surface area contributed by atoms with Gasteiger partial charge >= 0.3 is 0 Å². The second kappa shape index (κ2) is 7.58. The molecule has 27 heavy (non-hydrogen) atoms. The predicted molar refractivity (Wildman–Crippen MR) is 98.7 cm³/mol. The highest BCUT2D eigenvalue weighted by Gasteiger charge is 2.23. The van der Waals surface area contributed by atoms with Gasteiger partial charge in [0.05, 0.1) is 0 Å². The SMILES string of the molecule is CC(C)c1cc(Oc2ccc(=O)[nH]n2)c(S(C)(=O)=O)cc1C(=O)N=C(N)N. The lowest BCUT2D eigenvalue weighted by atomic mass is 9.96. The Labute approximate surface area is 155 Å². The summed E-state index contributed by atoms with van der Waals surface area (Å²) in [6.45, 7) is 3.62. The average Bonchev–Trinajstić information content (AvgIpc) is 2.54. The number of rotatable bonds is 5. The Hall–Kier alpha value is -3.21. The molecule has 0 unspecified atom stereocenters. The van der Waals surface area contributed by atoms with Crippen LogP contribution in [0.1, 0.15) is 35.7 Å². The molecule has 2 aromatic rings. The second-order valence-corrected chi connectivity index (χ2v) is 8.00. The number of benzene rings is 1. The summed E-state index contributed by atoms with van der Waals surface area (Å²) in [6.07, 6.45) is 0.972. The van der Waals surface area contributed by atoms with Crippen LogP contribution in [0.3, 0.4) is 0 Å². The van der Waals surface area contributed by atoms with E-state index in [0.717, 1.165) is 6.26 Å². The molecule has 2 rings (SSSR count). The summed E-state index contributed by atoms with van der Waals surface area (Å²) in [7, 11) is -3.78. The van der Waals surface area contributed by atoms with Crippen molar-refractivity contribution in [3.63, 3.8) is 0 Å². The van der Waals surface area contributed by atoms with Crippen molar-refractivity contribution in [1.29, 1.82) is 0 Å². The molecule has 0 fully saturated rings. The van der Waals surface area contributed by atoms with Crippen LogP contribution in [0.25, 0.3) is 0 Å². The summed E-state index contributed by atoms with van der Waals surface area (Å²) in [6, 6.07) is 5.06. The van der Waals surface area contributed by atoms with Crippen molar-refractivity contribution in [2.75, 3.05) is 6.26 Å². The molecule has 0 saturated carbocycles. The number of aromatic amines is 1. The number of H-pyrrole nitrogens is 1. The molecule has 1 heterocycles. The zero-order chi connectivity index (χ0) is 20.4. The smallest absolute Gasteiger partial charge is 0.280 e. The summed E-state index contributed by atoms with van der Waals surface area (Å²) < 4.78 is 30.0. The number of aromatic nitrogens is 2. The van der Waals surface area contributed by atoms with E-state index in [-0.39, 0.29) is 28.0 Å². The lowest BCUT2D eigenvalue weighted by Crippen LogP contribution is -2.24. The first-order valence-corrected chi connectivity index (χ1v) is 9.63. The van der Waals surface area contributed by atoms with Crippen molar-refractivity contribution in [3.05, 3.63) is 45.7 Å². The molecule has 0 bridgehead atoms. The normalized spacial score (nSPS) is 11.3. The van der Waals surface area contributed by atoms with Gasteiger partial charge in [-0.1, -0.05) is 13.8 Å². The van der Waals surface area contributed by atoms with Crippen LogP contribution < -0.4 is 21.8 Å². The minimum Gasteiger partial charge on any atom is -0.436 e. The number of amides is 1. The van der Waals surface area contributed by atoms with E-state index < -0.39 is 27.3 Å². The maximum atomic E-state index is 12.3. The molecule has 0 radical (unpaired) electrons. The minimum atomic E-state index is -3.78. The number of ether oxygens (including phenoxy) is 1. The highest BCUT2D eigenvalue weighted by atomic mass is 32.2. The van der Waals surface area contributed by atoms with Gasteiger partial charge in [0, 0.05) is 24.0 Å². The van der Waals surface area contributed by atoms with Crippen LogP contribution in [0.4, 0.5) is 0 Å². The van der Waals surface area contributed by atoms with Crippen molar-refractivity contribution in [2.45, 2.75) is 24.7 Å². The molecule has 10 nitrogen and oxygen atoms in total.